The summed E-state index contributed by atoms with van der Waals surface area (Å²) in [6, 6.07) is 11.6. The largest absolute Gasteiger partial charge is 0.490 e. The first-order valence-electron chi connectivity index (χ1n) is 7.58. The van der Waals surface area contributed by atoms with Gasteiger partial charge >= 0.3 is 6.18 Å². The topological polar surface area (TPSA) is 18.5 Å². The zero-order valence-electron chi connectivity index (χ0n) is 13.5. The summed E-state index contributed by atoms with van der Waals surface area (Å²) in [7, 11) is 0. The molecular weight excluding hydrogens is 337 g/mol. The lowest BCUT2D eigenvalue weighted by molar-refractivity contribution is -0.137. The summed E-state index contributed by atoms with van der Waals surface area (Å²) < 4.78 is 48.9. The van der Waals surface area contributed by atoms with Crippen LogP contribution in [0.5, 0.6) is 17.2 Å². The molecule has 1 unspecified atom stereocenters. The van der Waals surface area contributed by atoms with Crippen LogP contribution in [-0.2, 0) is 6.18 Å². The first-order valence-corrected chi connectivity index (χ1v) is 8.73. The Morgan fingerprint density at radius 3 is 1.92 bits per heavy atom. The fourth-order valence-electron chi connectivity index (χ4n) is 1.98. The summed E-state index contributed by atoms with van der Waals surface area (Å²) in [5, 5.41) is 0. The van der Waals surface area contributed by atoms with Gasteiger partial charge in [-0.3, -0.25) is 0 Å². The van der Waals surface area contributed by atoms with Gasteiger partial charge < -0.3 is 9.47 Å². The Bertz CT molecular complexity index is 624. The summed E-state index contributed by atoms with van der Waals surface area (Å²) in [4.78, 5) is 0. The van der Waals surface area contributed by atoms with Crippen molar-refractivity contribution in [1.29, 1.82) is 0 Å². The van der Waals surface area contributed by atoms with Crippen molar-refractivity contribution in [2.75, 3.05) is 11.5 Å². The first kappa shape index (κ1) is 18.5. The fraction of sp³-hybridized carbons (Fsp3) is 0.333. The molecule has 0 spiro atoms. The Hall–Kier alpha value is -1.82. The van der Waals surface area contributed by atoms with Crippen LogP contribution in [0, 0.1) is 0 Å². The van der Waals surface area contributed by atoms with Crippen molar-refractivity contribution in [2.24, 2.45) is 0 Å². The van der Waals surface area contributed by atoms with E-state index in [4.69, 9.17) is 9.47 Å². The van der Waals surface area contributed by atoms with E-state index in [9.17, 15) is 13.2 Å². The minimum absolute atomic E-state index is 0.108. The van der Waals surface area contributed by atoms with Gasteiger partial charge in [-0.15, -0.1) is 0 Å². The number of ether oxygens (including phenoxy) is 2. The van der Waals surface area contributed by atoms with E-state index in [2.05, 4.69) is 6.92 Å². The van der Waals surface area contributed by atoms with Crippen LogP contribution in [0.3, 0.4) is 0 Å². The van der Waals surface area contributed by atoms with Crippen LogP contribution >= 0.6 is 11.8 Å². The normalized spacial score (nSPS) is 12.7. The van der Waals surface area contributed by atoms with Gasteiger partial charge in [-0.2, -0.15) is 24.9 Å². The van der Waals surface area contributed by atoms with E-state index in [1.807, 2.05) is 18.7 Å². The first-order chi connectivity index (χ1) is 11.4. The summed E-state index contributed by atoms with van der Waals surface area (Å²) in [6.07, 6.45) is -4.23. The number of hydrogen-bond acceptors (Lipinski definition) is 3. The van der Waals surface area contributed by atoms with E-state index in [0.717, 1.165) is 29.4 Å². The van der Waals surface area contributed by atoms with Crippen LogP contribution in [0.15, 0.2) is 48.5 Å². The number of rotatable bonds is 7. The number of halogens is 3. The van der Waals surface area contributed by atoms with E-state index in [1.54, 1.807) is 24.3 Å². The van der Waals surface area contributed by atoms with Crippen molar-refractivity contribution < 1.29 is 22.6 Å². The van der Waals surface area contributed by atoms with E-state index < -0.39 is 11.7 Å². The van der Waals surface area contributed by atoms with Crippen molar-refractivity contribution in [2.45, 2.75) is 26.1 Å². The number of benzene rings is 2. The molecule has 0 fully saturated rings. The monoisotopic (exact) mass is 356 g/mol. The van der Waals surface area contributed by atoms with Gasteiger partial charge in [0.1, 0.15) is 23.4 Å². The third-order valence-corrected chi connectivity index (χ3v) is 4.25. The Labute approximate surface area is 144 Å². The highest BCUT2D eigenvalue weighted by atomic mass is 32.2. The maximum atomic E-state index is 12.5. The highest BCUT2D eigenvalue weighted by molar-refractivity contribution is 7.99. The zero-order chi connectivity index (χ0) is 17.6. The Morgan fingerprint density at radius 2 is 1.42 bits per heavy atom. The van der Waals surface area contributed by atoms with E-state index in [1.165, 1.54) is 12.1 Å². The Kier molecular flexibility index (Phi) is 6.43. The zero-order valence-corrected chi connectivity index (χ0v) is 14.3. The van der Waals surface area contributed by atoms with Gasteiger partial charge in [0.25, 0.3) is 0 Å². The predicted molar refractivity (Wildman–Crippen MR) is 91.0 cm³/mol. The third-order valence-electron chi connectivity index (χ3n) is 3.14. The average molecular weight is 356 g/mol. The second kappa shape index (κ2) is 8.33. The molecule has 130 valence electrons. The molecule has 0 heterocycles. The molecule has 0 aliphatic rings. The lowest BCUT2D eigenvalue weighted by atomic mass is 10.2. The number of thioether (sulfide) groups is 1. The molecule has 1 atom stereocenters. The maximum Gasteiger partial charge on any atom is 0.416 e. The van der Waals surface area contributed by atoms with Gasteiger partial charge in [0.2, 0.25) is 0 Å². The molecule has 0 saturated carbocycles. The molecule has 0 bridgehead atoms. The molecule has 0 aliphatic carbocycles. The second-order valence-corrected chi connectivity index (χ2v) is 6.50. The lowest BCUT2D eigenvalue weighted by Gasteiger charge is -2.14. The standard InChI is InChI=1S/C18H19F3O2S/c1-3-24-12-13(2)22-15-8-10-17(11-9-15)23-16-6-4-14(5-7-16)18(19,20)21/h4-11,13H,3,12H2,1-2H3. The molecule has 0 aromatic heterocycles. The van der Waals surface area contributed by atoms with Crippen LogP contribution in [0.25, 0.3) is 0 Å². The SMILES string of the molecule is CCSCC(C)Oc1ccc(Oc2ccc(C(F)(F)F)cc2)cc1. The van der Waals surface area contributed by atoms with Crippen molar-refractivity contribution >= 4 is 11.8 Å². The fourth-order valence-corrected chi connectivity index (χ4v) is 2.62. The van der Waals surface area contributed by atoms with Gasteiger partial charge in [0, 0.05) is 5.75 Å². The van der Waals surface area contributed by atoms with Gasteiger partial charge in [0.15, 0.2) is 0 Å². The molecule has 0 amide bonds. The minimum Gasteiger partial charge on any atom is -0.490 e. The summed E-state index contributed by atoms with van der Waals surface area (Å²) in [5.41, 5.74) is -0.697. The smallest absolute Gasteiger partial charge is 0.416 e. The Balaban J connectivity index is 1.94. The van der Waals surface area contributed by atoms with Crippen molar-refractivity contribution in [3.05, 3.63) is 54.1 Å². The van der Waals surface area contributed by atoms with Gasteiger partial charge in [-0.05, 0) is 61.2 Å². The average Bonchev–Trinajstić information content (AvgIpc) is 2.54. The van der Waals surface area contributed by atoms with Gasteiger partial charge in [0.05, 0.1) is 5.56 Å². The summed E-state index contributed by atoms with van der Waals surface area (Å²) >= 11 is 1.81. The molecule has 0 N–H and O–H groups in total. The Morgan fingerprint density at radius 1 is 0.917 bits per heavy atom. The maximum absolute atomic E-state index is 12.5. The molecule has 0 aliphatic heterocycles. The van der Waals surface area contributed by atoms with Gasteiger partial charge in [-0.1, -0.05) is 6.92 Å². The van der Waals surface area contributed by atoms with E-state index in [0.29, 0.717) is 11.5 Å². The molecule has 2 aromatic carbocycles. The van der Waals surface area contributed by atoms with Crippen molar-refractivity contribution in [3.63, 3.8) is 0 Å². The minimum atomic E-state index is -4.34. The summed E-state index contributed by atoms with van der Waals surface area (Å²) in [5.74, 6) is 3.59. The molecule has 2 nitrogen and oxygen atoms in total. The molecule has 0 saturated heterocycles. The molecule has 2 rings (SSSR count). The highest BCUT2D eigenvalue weighted by Gasteiger charge is 2.30. The van der Waals surface area contributed by atoms with E-state index in [-0.39, 0.29) is 6.10 Å². The van der Waals surface area contributed by atoms with Crippen LogP contribution in [0.1, 0.15) is 19.4 Å². The van der Waals surface area contributed by atoms with E-state index >= 15 is 0 Å². The molecule has 6 heteroatoms. The van der Waals surface area contributed by atoms with Crippen molar-refractivity contribution in [1.82, 2.24) is 0 Å². The quantitative estimate of drug-likeness (QED) is 0.604. The molecule has 2 aromatic rings. The van der Waals surface area contributed by atoms with Crippen LogP contribution in [-0.4, -0.2) is 17.6 Å². The third kappa shape index (κ3) is 5.67. The lowest BCUT2D eigenvalue weighted by Crippen LogP contribution is -2.14. The second-order valence-electron chi connectivity index (χ2n) is 5.18. The van der Waals surface area contributed by atoms with Crippen LogP contribution in [0.4, 0.5) is 13.2 Å². The molecule has 0 radical (unpaired) electrons. The van der Waals surface area contributed by atoms with Crippen LogP contribution in [0.2, 0.25) is 0 Å². The highest BCUT2D eigenvalue weighted by Crippen LogP contribution is 2.31. The molecular formula is C18H19F3O2S. The van der Waals surface area contributed by atoms with Crippen molar-refractivity contribution in [3.8, 4) is 17.2 Å². The predicted octanol–water partition coefficient (Wildman–Crippen LogP) is 6.02. The number of alkyl halides is 3. The summed E-state index contributed by atoms with van der Waals surface area (Å²) in [6.45, 7) is 4.11. The van der Waals surface area contributed by atoms with Gasteiger partial charge in [-0.25, -0.2) is 0 Å². The molecule has 24 heavy (non-hydrogen) atoms. The van der Waals surface area contributed by atoms with Crippen LogP contribution < -0.4 is 9.47 Å². The number of hydrogen-bond donors (Lipinski definition) is 0.